The van der Waals surface area contributed by atoms with Gasteiger partial charge in [-0.3, -0.25) is 9.36 Å². The largest absolute Gasteiger partial charge is 0.496 e. The van der Waals surface area contributed by atoms with E-state index < -0.39 is 0 Å². The molecule has 1 aliphatic heterocycles. The van der Waals surface area contributed by atoms with E-state index in [1.165, 1.54) is 11.8 Å². The number of morpholine rings is 1. The van der Waals surface area contributed by atoms with Gasteiger partial charge in [0, 0.05) is 13.1 Å². The summed E-state index contributed by atoms with van der Waals surface area (Å²) >= 11 is 1.39. The molecule has 4 rings (SSSR count). The molecule has 0 spiro atoms. The zero-order valence-electron chi connectivity index (χ0n) is 18.0. The molecule has 0 N–H and O–H groups in total. The zero-order valence-corrected chi connectivity index (χ0v) is 18.8. The Labute approximate surface area is 186 Å². The minimum Gasteiger partial charge on any atom is -0.496 e. The molecule has 7 nitrogen and oxygen atoms in total. The van der Waals surface area contributed by atoms with Crippen LogP contribution in [-0.4, -0.2) is 59.7 Å². The lowest BCUT2D eigenvalue weighted by molar-refractivity contribution is 0.101. The van der Waals surface area contributed by atoms with E-state index in [2.05, 4.69) is 34.2 Å². The number of aryl methyl sites for hydroxylation is 2. The van der Waals surface area contributed by atoms with Gasteiger partial charge in [0.15, 0.2) is 10.9 Å². The summed E-state index contributed by atoms with van der Waals surface area (Å²) < 4.78 is 12.9. The first kappa shape index (κ1) is 21.4. The van der Waals surface area contributed by atoms with Crippen LogP contribution in [0.4, 0.5) is 5.95 Å². The lowest BCUT2D eigenvalue weighted by atomic mass is 10.1. The van der Waals surface area contributed by atoms with Gasteiger partial charge in [0.25, 0.3) is 0 Å². The summed E-state index contributed by atoms with van der Waals surface area (Å²) in [5, 5.41) is 9.59. The molecule has 0 atom stereocenters. The number of Topliss-reactive ketones (excluding diaryl/α,β-unsaturated/α-hetero) is 1. The fourth-order valence-corrected chi connectivity index (χ4v) is 4.39. The molecular weight excluding hydrogens is 412 g/mol. The van der Waals surface area contributed by atoms with Gasteiger partial charge < -0.3 is 14.4 Å². The Hall–Kier alpha value is -2.84. The molecule has 2 heterocycles. The summed E-state index contributed by atoms with van der Waals surface area (Å²) in [5.74, 6) is 1.60. The van der Waals surface area contributed by atoms with E-state index in [4.69, 9.17) is 9.47 Å². The second-order valence-electron chi connectivity index (χ2n) is 7.47. The molecule has 3 aromatic rings. The molecule has 0 unspecified atom stereocenters. The number of ketones is 1. The normalized spacial score (nSPS) is 14.0. The van der Waals surface area contributed by atoms with Crippen LogP contribution in [0, 0.1) is 13.8 Å². The van der Waals surface area contributed by atoms with Crippen molar-refractivity contribution in [2.45, 2.75) is 19.0 Å². The summed E-state index contributed by atoms with van der Waals surface area (Å²) in [6.45, 7) is 6.86. The third kappa shape index (κ3) is 4.75. The summed E-state index contributed by atoms with van der Waals surface area (Å²) in [5.41, 5.74) is 3.74. The summed E-state index contributed by atoms with van der Waals surface area (Å²) in [4.78, 5) is 15.2. The second-order valence-corrected chi connectivity index (χ2v) is 8.41. The molecule has 31 heavy (non-hydrogen) atoms. The van der Waals surface area contributed by atoms with E-state index in [1.807, 2.05) is 41.8 Å². The van der Waals surface area contributed by atoms with Crippen LogP contribution in [0.5, 0.6) is 5.75 Å². The van der Waals surface area contributed by atoms with Crippen molar-refractivity contribution in [1.29, 1.82) is 0 Å². The second kappa shape index (κ2) is 9.53. The molecule has 1 aliphatic rings. The van der Waals surface area contributed by atoms with E-state index >= 15 is 0 Å². The lowest BCUT2D eigenvalue weighted by Gasteiger charge is -2.28. The molecule has 0 amide bonds. The number of carbonyl (C=O) groups excluding carboxylic acids is 1. The Balaban J connectivity index is 1.63. The Morgan fingerprint density at radius 3 is 2.61 bits per heavy atom. The van der Waals surface area contributed by atoms with Crippen LogP contribution in [0.2, 0.25) is 0 Å². The van der Waals surface area contributed by atoms with E-state index in [0.717, 1.165) is 35.9 Å². The number of carbonyl (C=O) groups is 1. The van der Waals surface area contributed by atoms with Crippen LogP contribution in [-0.2, 0) is 4.74 Å². The Morgan fingerprint density at radius 1 is 1.10 bits per heavy atom. The zero-order chi connectivity index (χ0) is 21.8. The van der Waals surface area contributed by atoms with Gasteiger partial charge in [-0.2, -0.15) is 0 Å². The molecule has 0 saturated carbocycles. The molecule has 0 radical (unpaired) electrons. The van der Waals surface area contributed by atoms with Gasteiger partial charge in [-0.1, -0.05) is 35.5 Å². The van der Waals surface area contributed by atoms with Gasteiger partial charge in [-0.05, 0) is 43.7 Å². The van der Waals surface area contributed by atoms with Gasteiger partial charge in [0.2, 0.25) is 5.95 Å². The lowest BCUT2D eigenvalue weighted by Crippen LogP contribution is -2.37. The van der Waals surface area contributed by atoms with Crippen molar-refractivity contribution in [3.05, 3.63) is 59.2 Å². The van der Waals surface area contributed by atoms with Gasteiger partial charge in [0.05, 0.1) is 37.3 Å². The quantitative estimate of drug-likeness (QED) is 0.411. The van der Waals surface area contributed by atoms with Gasteiger partial charge >= 0.3 is 0 Å². The number of anilines is 1. The van der Waals surface area contributed by atoms with Crippen LogP contribution >= 0.6 is 11.8 Å². The van der Waals surface area contributed by atoms with E-state index in [0.29, 0.717) is 29.7 Å². The molecule has 1 fully saturated rings. The molecule has 0 bridgehead atoms. The van der Waals surface area contributed by atoms with Crippen molar-refractivity contribution in [2.24, 2.45) is 0 Å². The van der Waals surface area contributed by atoms with Crippen LogP contribution in [0.15, 0.2) is 47.6 Å². The summed E-state index contributed by atoms with van der Waals surface area (Å²) in [6.07, 6.45) is 0. The predicted octanol–water partition coefficient (Wildman–Crippen LogP) is 3.70. The smallest absolute Gasteiger partial charge is 0.232 e. The number of benzene rings is 2. The fourth-order valence-electron chi connectivity index (χ4n) is 3.56. The topological polar surface area (TPSA) is 69.5 Å². The van der Waals surface area contributed by atoms with Crippen LogP contribution in [0.1, 0.15) is 21.5 Å². The molecule has 1 aromatic heterocycles. The number of methoxy groups -OCH3 is 1. The van der Waals surface area contributed by atoms with E-state index in [9.17, 15) is 4.79 Å². The van der Waals surface area contributed by atoms with E-state index in [1.54, 1.807) is 7.11 Å². The Bertz CT molecular complexity index is 1080. The van der Waals surface area contributed by atoms with Crippen LogP contribution in [0.25, 0.3) is 5.69 Å². The third-order valence-electron chi connectivity index (χ3n) is 5.16. The number of hydrogen-bond donors (Lipinski definition) is 0. The monoisotopic (exact) mass is 438 g/mol. The first-order chi connectivity index (χ1) is 15.1. The first-order valence-electron chi connectivity index (χ1n) is 10.2. The first-order valence-corrected chi connectivity index (χ1v) is 11.2. The van der Waals surface area contributed by atoms with Gasteiger partial charge in [-0.25, -0.2) is 0 Å². The van der Waals surface area contributed by atoms with Crippen LogP contribution in [0.3, 0.4) is 0 Å². The fraction of sp³-hybridized carbons (Fsp3) is 0.348. The van der Waals surface area contributed by atoms with Crippen molar-refractivity contribution in [3.8, 4) is 11.4 Å². The molecule has 0 aliphatic carbocycles. The summed E-state index contributed by atoms with van der Waals surface area (Å²) in [7, 11) is 1.58. The van der Waals surface area contributed by atoms with Crippen molar-refractivity contribution in [2.75, 3.05) is 44.1 Å². The number of rotatable bonds is 7. The van der Waals surface area contributed by atoms with Crippen LogP contribution < -0.4 is 9.64 Å². The minimum absolute atomic E-state index is 0.00253. The number of hydrogen-bond acceptors (Lipinski definition) is 7. The minimum atomic E-state index is -0.00253. The average molecular weight is 439 g/mol. The third-order valence-corrected chi connectivity index (χ3v) is 6.09. The van der Waals surface area contributed by atoms with Crippen molar-refractivity contribution >= 4 is 23.5 Å². The molecule has 162 valence electrons. The number of nitrogens with zero attached hydrogens (tertiary/aromatic N) is 4. The van der Waals surface area contributed by atoms with Crippen molar-refractivity contribution < 1.29 is 14.3 Å². The molecule has 1 saturated heterocycles. The Kier molecular flexibility index (Phi) is 6.58. The number of thioether (sulfide) groups is 1. The maximum absolute atomic E-state index is 13.0. The highest BCUT2D eigenvalue weighted by Crippen LogP contribution is 2.29. The maximum atomic E-state index is 13.0. The number of ether oxygens (including phenoxy) is 2. The highest BCUT2D eigenvalue weighted by molar-refractivity contribution is 7.99. The van der Waals surface area contributed by atoms with Gasteiger partial charge in [0.1, 0.15) is 5.75 Å². The highest BCUT2D eigenvalue weighted by atomic mass is 32.2. The predicted molar refractivity (Wildman–Crippen MR) is 122 cm³/mol. The molecular formula is C23H26N4O3S. The van der Waals surface area contributed by atoms with E-state index in [-0.39, 0.29) is 11.5 Å². The molecule has 2 aromatic carbocycles. The average Bonchev–Trinajstić information content (AvgIpc) is 3.22. The summed E-state index contributed by atoms with van der Waals surface area (Å²) in [6, 6.07) is 13.9. The SMILES string of the molecule is COc1ccc(C)cc1C(=O)CSc1nnc(N2CCOCC2)n1-c1cccc(C)c1. The number of aromatic nitrogens is 3. The maximum Gasteiger partial charge on any atom is 0.232 e. The van der Waals surface area contributed by atoms with Gasteiger partial charge in [-0.15, -0.1) is 10.2 Å². The Morgan fingerprint density at radius 2 is 1.87 bits per heavy atom. The highest BCUT2D eigenvalue weighted by Gasteiger charge is 2.23. The van der Waals surface area contributed by atoms with Crippen molar-refractivity contribution in [1.82, 2.24) is 14.8 Å². The standard InChI is InChI=1S/C23H26N4O3S/c1-16-5-4-6-18(13-16)27-22(26-9-11-30-12-10-26)24-25-23(27)31-15-20(28)19-14-17(2)7-8-21(19)29-3/h4-8,13-14H,9-12,15H2,1-3H3. The van der Waals surface area contributed by atoms with Crippen molar-refractivity contribution in [3.63, 3.8) is 0 Å². The molecule has 8 heteroatoms.